The summed E-state index contributed by atoms with van der Waals surface area (Å²) in [4.78, 5) is 4.51. The zero-order valence-electron chi connectivity index (χ0n) is 11.9. The van der Waals surface area contributed by atoms with E-state index in [-0.39, 0.29) is 10.8 Å². The van der Waals surface area contributed by atoms with Crippen LogP contribution in [0.15, 0.2) is 41.4 Å². The van der Waals surface area contributed by atoms with E-state index in [0.29, 0.717) is 17.4 Å². The maximum Gasteiger partial charge on any atom is 0.245 e. The lowest BCUT2D eigenvalue weighted by atomic mass is 9.99. The monoisotopic (exact) mass is 305 g/mol. The van der Waals surface area contributed by atoms with Crippen molar-refractivity contribution in [2.45, 2.75) is 30.8 Å². The highest BCUT2D eigenvalue weighted by Crippen LogP contribution is 2.29. The number of hydrogen-bond acceptors (Lipinski definition) is 4. The minimum Gasteiger partial charge on any atom is -0.315 e. The molecule has 3 rings (SSSR count). The number of piperidine rings is 1. The van der Waals surface area contributed by atoms with Gasteiger partial charge in [0.15, 0.2) is 0 Å². The molecule has 1 saturated heterocycles. The number of sulfonamides is 1. The SMILES string of the molecule is CC1CCCN(S(=O)(=O)c2cccc3ncccc23)C1N. The number of benzene rings is 1. The smallest absolute Gasteiger partial charge is 0.245 e. The quantitative estimate of drug-likeness (QED) is 0.920. The highest BCUT2D eigenvalue weighted by molar-refractivity contribution is 7.89. The van der Waals surface area contributed by atoms with Gasteiger partial charge in [0.05, 0.1) is 16.6 Å². The highest BCUT2D eigenvalue weighted by Gasteiger charge is 2.35. The normalized spacial score (nSPS) is 24.3. The molecule has 0 spiro atoms. The molecule has 1 aromatic carbocycles. The van der Waals surface area contributed by atoms with Crippen molar-refractivity contribution < 1.29 is 8.42 Å². The van der Waals surface area contributed by atoms with Gasteiger partial charge in [0.2, 0.25) is 10.0 Å². The second-order valence-corrected chi connectivity index (χ2v) is 7.41. The fourth-order valence-electron chi connectivity index (χ4n) is 2.88. The van der Waals surface area contributed by atoms with Crippen molar-refractivity contribution in [2.24, 2.45) is 11.7 Å². The number of fused-ring (bicyclic) bond motifs is 1. The zero-order valence-corrected chi connectivity index (χ0v) is 12.8. The summed E-state index contributed by atoms with van der Waals surface area (Å²) in [5.41, 5.74) is 6.80. The first-order valence-corrected chi connectivity index (χ1v) is 8.57. The number of pyridine rings is 1. The molecule has 2 unspecified atom stereocenters. The van der Waals surface area contributed by atoms with E-state index in [1.54, 1.807) is 30.5 Å². The molecule has 0 bridgehead atoms. The summed E-state index contributed by atoms with van der Waals surface area (Å²) in [6, 6.07) is 8.70. The van der Waals surface area contributed by atoms with E-state index in [4.69, 9.17) is 5.73 Å². The third-order valence-electron chi connectivity index (χ3n) is 4.15. The van der Waals surface area contributed by atoms with Gasteiger partial charge in [0.25, 0.3) is 0 Å². The molecule has 1 aromatic heterocycles. The fourth-order valence-corrected chi connectivity index (χ4v) is 4.73. The van der Waals surface area contributed by atoms with Crippen molar-refractivity contribution in [3.63, 3.8) is 0 Å². The first kappa shape index (κ1) is 14.4. The van der Waals surface area contributed by atoms with E-state index in [1.165, 1.54) is 4.31 Å². The van der Waals surface area contributed by atoms with Crippen LogP contribution in [0.1, 0.15) is 19.8 Å². The van der Waals surface area contributed by atoms with Gasteiger partial charge in [-0.2, -0.15) is 4.31 Å². The van der Waals surface area contributed by atoms with Gasteiger partial charge in [-0.15, -0.1) is 0 Å². The summed E-state index contributed by atoms with van der Waals surface area (Å²) in [5.74, 6) is 0.168. The van der Waals surface area contributed by atoms with E-state index in [2.05, 4.69) is 4.98 Å². The van der Waals surface area contributed by atoms with Gasteiger partial charge in [-0.3, -0.25) is 4.98 Å². The molecule has 0 amide bonds. The molecule has 21 heavy (non-hydrogen) atoms. The standard InChI is InChI=1S/C15H19N3O2S/c1-11-5-4-10-18(15(11)16)21(19,20)14-8-2-7-13-12(14)6-3-9-17-13/h2-3,6-9,11,15H,4-5,10,16H2,1H3. The first-order chi connectivity index (χ1) is 10.0. The highest BCUT2D eigenvalue weighted by atomic mass is 32.2. The maximum absolute atomic E-state index is 13.0. The molecule has 1 aliphatic rings. The van der Waals surface area contributed by atoms with Gasteiger partial charge in [0, 0.05) is 18.1 Å². The van der Waals surface area contributed by atoms with Gasteiger partial charge >= 0.3 is 0 Å². The van der Waals surface area contributed by atoms with Crippen LogP contribution in [0.2, 0.25) is 0 Å². The van der Waals surface area contributed by atoms with Gasteiger partial charge in [0.1, 0.15) is 0 Å². The molecule has 2 atom stereocenters. The second-order valence-electron chi connectivity index (χ2n) is 5.55. The molecular formula is C15H19N3O2S. The number of rotatable bonds is 2. The number of aromatic nitrogens is 1. The summed E-state index contributed by atoms with van der Waals surface area (Å²) in [7, 11) is -3.60. The molecule has 112 valence electrons. The third-order valence-corrected chi connectivity index (χ3v) is 6.10. The van der Waals surface area contributed by atoms with Crippen molar-refractivity contribution in [3.05, 3.63) is 36.5 Å². The minimum atomic E-state index is -3.60. The molecule has 6 heteroatoms. The molecule has 0 aliphatic carbocycles. The van der Waals surface area contributed by atoms with Gasteiger partial charge in [-0.25, -0.2) is 8.42 Å². The fraction of sp³-hybridized carbons (Fsp3) is 0.400. The van der Waals surface area contributed by atoms with E-state index in [9.17, 15) is 8.42 Å². The van der Waals surface area contributed by atoms with Crippen LogP contribution in [0.4, 0.5) is 0 Å². The summed E-state index contributed by atoms with van der Waals surface area (Å²) < 4.78 is 27.4. The lowest BCUT2D eigenvalue weighted by Crippen LogP contribution is -2.52. The summed E-state index contributed by atoms with van der Waals surface area (Å²) in [5, 5.41) is 0.644. The molecule has 1 aliphatic heterocycles. The average molecular weight is 305 g/mol. The van der Waals surface area contributed by atoms with Crippen LogP contribution >= 0.6 is 0 Å². The van der Waals surface area contributed by atoms with Crippen molar-refractivity contribution in [2.75, 3.05) is 6.54 Å². The largest absolute Gasteiger partial charge is 0.315 e. The topological polar surface area (TPSA) is 76.3 Å². The maximum atomic E-state index is 13.0. The Morgan fingerprint density at radius 2 is 2.10 bits per heavy atom. The van der Waals surface area contributed by atoms with E-state index in [1.807, 2.05) is 13.0 Å². The Labute approximate surface area is 124 Å². The van der Waals surface area contributed by atoms with E-state index < -0.39 is 16.2 Å². The Morgan fingerprint density at radius 1 is 1.29 bits per heavy atom. The molecule has 0 saturated carbocycles. The first-order valence-electron chi connectivity index (χ1n) is 7.13. The predicted octanol–water partition coefficient (Wildman–Crippen LogP) is 1.94. The van der Waals surface area contributed by atoms with Crippen LogP contribution in [0.5, 0.6) is 0 Å². The minimum absolute atomic E-state index is 0.168. The molecular weight excluding hydrogens is 286 g/mol. The number of nitrogens with zero attached hydrogens (tertiary/aromatic N) is 2. The predicted molar refractivity (Wildman–Crippen MR) is 82.0 cm³/mol. The van der Waals surface area contributed by atoms with Crippen LogP contribution in [-0.2, 0) is 10.0 Å². The third kappa shape index (κ3) is 2.43. The van der Waals surface area contributed by atoms with Crippen molar-refractivity contribution in [3.8, 4) is 0 Å². The Morgan fingerprint density at radius 3 is 2.90 bits per heavy atom. The molecule has 2 heterocycles. The second kappa shape index (κ2) is 5.36. The Kier molecular flexibility index (Phi) is 3.69. The van der Waals surface area contributed by atoms with Crippen LogP contribution in [0.25, 0.3) is 10.9 Å². The number of hydrogen-bond donors (Lipinski definition) is 1. The molecule has 2 aromatic rings. The van der Waals surface area contributed by atoms with Crippen LogP contribution in [0.3, 0.4) is 0 Å². The van der Waals surface area contributed by atoms with Gasteiger partial charge in [-0.05, 0) is 43.0 Å². The molecule has 5 nitrogen and oxygen atoms in total. The molecule has 1 fully saturated rings. The summed E-state index contributed by atoms with van der Waals surface area (Å²) in [6.45, 7) is 2.47. The van der Waals surface area contributed by atoms with E-state index >= 15 is 0 Å². The summed E-state index contributed by atoms with van der Waals surface area (Å²) in [6.07, 6.45) is 3.00. The Hall–Kier alpha value is -1.50. The number of nitrogens with two attached hydrogens (primary N) is 1. The van der Waals surface area contributed by atoms with Crippen LogP contribution < -0.4 is 5.73 Å². The van der Waals surface area contributed by atoms with Crippen molar-refractivity contribution in [1.29, 1.82) is 0 Å². The molecule has 2 N–H and O–H groups in total. The van der Waals surface area contributed by atoms with E-state index in [0.717, 1.165) is 12.8 Å². The zero-order chi connectivity index (χ0) is 15.0. The summed E-state index contributed by atoms with van der Waals surface area (Å²) >= 11 is 0. The van der Waals surface area contributed by atoms with Crippen LogP contribution in [-0.4, -0.2) is 30.4 Å². The Bertz CT molecular complexity index is 755. The van der Waals surface area contributed by atoms with Crippen molar-refractivity contribution in [1.82, 2.24) is 9.29 Å². The van der Waals surface area contributed by atoms with Crippen molar-refractivity contribution >= 4 is 20.9 Å². The lowest BCUT2D eigenvalue weighted by molar-refractivity contribution is 0.192. The van der Waals surface area contributed by atoms with Gasteiger partial charge in [-0.1, -0.05) is 13.0 Å². The lowest BCUT2D eigenvalue weighted by Gasteiger charge is -2.36. The van der Waals surface area contributed by atoms with Crippen LogP contribution in [0, 0.1) is 5.92 Å². The molecule has 0 radical (unpaired) electrons. The van der Waals surface area contributed by atoms with Gasteiger partial charge < -0.3 is 5.73 Å². The Balaban J connectivity index is 2.12. The average Bonchev–Trinajstić information content (AvgIpc) is 2.49.